The highest BCUT2D eigenvalue weighted by molar-refractivity contribution is 6.33. The number of carbonyl (C=O) groups is 6. The quantitative estimate of drug-likeness (QED) is 0.355. The zero-order valence-electron chi connectivity index (χ0n) is 22.5. The molecule has 0 radical (unpaired) electrons. The van der Waals surface area contributed by atoms with E-state index in [1.807, 2.05) is 0 Å². The van der Waals surface area contributed by atoms with Gasteiger partial charge in [-0.25, -0.2) is 0 Å². The van der Waals surface area contributed by atoms with Crippen LogP contribution >= 0.6 is 0 Å². The third kappa shape index (κ3) is 3.21. The van der Waals surface area contributed by atoms with Crippen LogP contribution in [0.2, 0.25) is 0 Å². The summed E-state index contributed by atoms with van der Waals surface area (Å²) in [5, 5.41) is 22.9. The van der Waals surface area contributed by atoms with Crippen LogP contribution in [0.1, 0.15) is 53.5 Å². The molecule has 0 aromatic heterocycles. The number of Topliss-reactive ketones (excluding diaryl/α,β-unsaturated/α-hetero) is 5. The summed E-state index contributed by atoms with van der Waals surface area (Å²) in [5.41, 5.74) is 0.255. The molecule has 38 heavy (non-hydrogen) atoms. The predicted octanol–water partition coefficient (Wildman–Crippen LogP) is -0.0842. The van der Waals surface area contributed by atoms with Crippen molar-refractivity contribution in [2.75, 3.05) is 33.1 Å². The average Bonchev–Trinajstić information content (AvgIpc) is 2.75. The first-order chi connectivity index (χ1) is 17.4. The lowest BCUT2D eigenvalue weighted by atomic mass is 9.42. The Bertz CT molecular complexity index is 1350. The lowest BCUT2D eigenvalue weighted by Crippen LogP contribution is -2.79. The van der Waals surface area contributed by atoms with Crippen LogP contribution in [0.4, 0.5) is 5.69 Å². The van der Waals surface area contributed by atoms with E-state index in [9.17, 15) is 39.0 Å². The van der Waals surface area contributed by atoms with Gasteiger partial charge < -0.3 is 20.8 Å². The van der Waals surface area contributed by atoms with Crippen molar-refractivity contribution in [3.63, 3.8) is 0 Å². The number of rotatable bonds is 4. The first kappa shape index (κ1) is 27.6. The van der Waals surface area contributed by atoms with E-state index < -0.39 is 74.9 Å². The van der Waals surface area contributed by atoms with Gasteiger partial charge in [0.15, 0.2) is 40.4 Å². The molecule has 0 heterocycles. The van der Waals surface area contributed by atoms with Gasteiger partial charge in [-0.15, -0.1) is 0 Å². The van der Waals surface area contributed by atoms with E-state index in [1.165, 1.54) is 38.9 Å². The largest absolute Gasteiger partial charge is 0.506 e. The molecule has 0 spiro atoms. The number of nitrogens with zero attached hydrogens (tertiary/aromatic N) is 2. The molecule has 4 rings (SSSR count). The number of phenolic OH excluding ortho intramolecular Hbond substituents is 1. The van der Waals surface area contributed by atoms with Crippen molar-refractivity contribution in [2.24, 2.45) is 28.4 Å². The monoisotopic (exact) mass is 527 g/mol. The van der Waals surface area contributed by atoms with Crippen LogP contribution in [0.5, 0.6) is 5.75 Å². The highest BCUT2D eigenvalue weighted by Gasteiger charge is 2.76. The summed E-state index contributed by atoms with van der Waals surface area (Å²) in [7, 11) is 6.50. The maximum atomic E-state index is 14.2. The Kier molecular flexibility index (Phi) is 6.01. The van der Waals surface area contributed by atoms with Crippen LogP contribution < -0.4 is 10.6 Å². The molecule has 0 aliphatic heterocycles. The van der Waals surface area contributed by atoms with E-state index >= 15 is 0 Å². The molecule has 2 saturated carbocycles. The second-order valence-corrected chi connectivity index (χ2v) is 11.9. The molecule has 1 aromatic carbocycles. The Balaban J connectivity index is 2.03. The maximum Gasteiger partial charge on any atom is 0.235 e. The zero-order chi connectivity index (χ0) is 28.9. The number of nitrogens with two attached hydrogens (primary N) is 1. The minimum Gasteiger partial charge on any atom is -0.506 e. The lowest BCUT2D eigenvalue weighted by Gasteiger charge is -2.61. The summed E-state index contributed by atoms with van der Waals surface area (Å²) in [4.78, 5) is 82.9. The van der Waals surface area contributed by atoms with Crippen molar-refractivity contribution < 1.29 is 39.0 Å². The average molecular weight is 528 g/mol. The Morgan fingerprint density at radius 3 is 2.11 bits per heavy atom. The van der Waals surface area contributed by atoms with Crippen LogP contribution in [0.15, 0.2) is 6.07 Å². The van der Waals surface area contributed by atoms with Gasteiger partial charge in [-0.05, 0) is 50.9 Å². The first-order valence-electron chi connectivity index (χ1n) is 12.3. The van der Waals surface area contributed by atoms with E-state index in [0.717, 1.165) is 0 Å². The molecule has 6 atom stereocenters. The van der Waals surface area contributed by atoms with Crippen LogP contribution in [0.3, 0.4) is 0 Å². The van der Waals surface area contributed by atoms with Crippen molar-refractivity contribution in [1.29, 1.82) is 0 Å². The lowest BCUT2D eigenvalue weighted by molar-refractivity contribution is -0.203. The summed E-state index contributed by atoms with van der Waals surface area (Å²) < 4.78 is 0. The number of carbonyl (C=O) groups excluding carboxylic acids is 6. The van der Waals surface area contributed by atoms with Crippen LogP contribution in [0.25, 0.3) is 0 Å². The van der Waals surface area contributed by atoms with Gasteiger partial charge in [-0.2, -0.15) is 0 Å². The molecular formula is C27H33N3O8. The van der Waals surface area contributed by atoms with Gasteiger partial charge in [0.1, 0.15) is 5.75 Å². The first-order valence-corrected chi connectivity index (χ1v) is 12.3. The number of amides is 1. The number of aliphatic hydroxyl groups is 1. The second kappa shape index (κ2) is 8.28. The number of anilines is 1. The van der Waals surface area contributed by atoms with Crippen molar-refractivity contribution in [3.05, 3.63) is 22.8 Å². The minimum atomic E-state index is -2.87. The third-order valence-corrected chi connectivity index (χ3v) is 8.82. The van der Waals surface area contributed by atoms with E-state index in [1.54, 1.807) is 25.9 Å². The summed E-state index contributed by atoms with van der Waals surface area (Å²) in [6.45, 7) is 4.37. The Hall–Kier alpha value is -3.44. The van der Waals surface area contributed by atoms with E-state index in [2.05, 4.69) is 0 Å². The number of hydrogen-bond acceptors (Lipinski definition) is 10. The molecule has 1 amide bonds. The number of benzene rings is 1. The van der Waals surface area contributed by atoms with Crippen LogP contribution in [-0.4, -0.2) is 89.8 Å². The van der Waals surface area contributed by atoms with Gasteiger partial charge in [0.2, 0.25) is 5.91 Å². The smallest absolute Gasteiger partial charge is 0.235 e. The number of aromatic hydroxyl groups is 1. The molecule has 2 fully saturated rings. The molecule has 3 aliphatic carbocycles. The fourth-order valence-corrected chi connectivity index (χ4v) is 7.43. The van der Waals surface area contributed by atoms with Crippen LogP contribution in [-0.2, 0) is 25.6 Å². The molecule has 11 heteroatoms. The van der Waals surface area contributed by atoms with Gasteiger partial charge in [-0.1, -0.05) is 13.8 Å². The van der Waals surface area contributed by atoms with Gasteiger partial charge in [0, 0.05) is 25.2 Å². The molecule has 3 aliphatic rings. The normalized spacial score (nSPS) is 34.5. The van der Waals surface area contributed by atoms with Crippen molar-refractivity contribution in [2.45, 2.75) is 45.3 Å². The standard InChI is InChI=1S/C27H33N3O8/c1-11(31)12-8-14(29(4)5)13-9-25(2)10-26(3)21(30(6)7)20(34)16(24(28)37)22(35)27(26,38)23(36)17(25)19(33)15(13)18(12)32/h8,16-17,21,32,38H,9-10H2,1-7H3,(H2,28,37)/t16?,17?,21-,25+,26+,27-/m1/s1. The molecule has 204 valence electrons. The SMILES string of the molecule is CC(=O)c1cc(N(C)C)c2c(c1O)C(=O)C1C(=O)[C@]3(O)C(=O)C(C(N)=O)C(=O)[C@@H](N(C)C)[C@]3(C)C[C@]1(C)C2. The van der Waals surface area contributed by atoms with Gasteiger partial charge in [-0.3, -0.25) is 33.7 Å². The van der Waals surface area contributed by atoms with Crippen molar-refractivity contribution >= 4 is 40.5 Å². The maximum absolute atomic E-state index is 14.2. The number of phenols is 1. The molecular weight excluding hydrogens is 494 g/mol. The topological polar surface area (TPSA) is 175 Å². The molecule has 0 saturated heterocycles. The number of likely N-dealkylation sites (N-methyl/N-ethyl adjacent to an activating group) is 1. The Labute approximate surface area is 219 Å². The molecule has 1 aromatic rings. The molecule has 4 N–H and O–H groups in total. The zero-order valence-corrected chi connectivity index (χ0v) is 22.5. The molecule has 0 bridgehead atoms. The fourth-order valence-electron chi connectivity index (χ4n) is 7.43. The van der Waals surface area contributed by atoms with E-state index in [0.29, 0.717) is 11.3 Å². The highest BCUT2D eigenvalue weighted by Crippen LogP contribution is 2.62. The summed E-state index contributed by atoms with van der Waals surface area (Å²) in [6, 6.07) is 0.256. The summed E-state index contributed by atoms with van der Waals surface area (Å²) >= 11 is 0. The van der Waals surface area contributed by atoms with Gasteiger partial charge >= 0.3 is 0 Å². The van der Waals surface area contributed by atoms with Crippen molar-refractivity contribution in [1.82, 2.24) is 4.90 Å². The van der Waals surface area contributed by atoms with Crippen LogP contribution in [0, 0.1) is 22.7 Å². The predicted molar refractivity (Wildman–Crippen MR) is 135 cm³/mol. The fraction of sp³-hybridized carbons (Fsp3) is 0.556. The molecule has 11 nitrogen and oxygen atoms in total. The third-order valence-electron chi connectivity index (χ3n) is 8.82. The number of ketones is 5. The second-order valence-electron chi connectivity index (χ2n) is 11.9. The van der Waals surface area contributed by atoms with Gasteiger partial charge in [0.05, 0.1) is 23.1 Å². The number of hydrogen-bond donors (Lipinski definition) is 3. The van der Waals surface area contributed by atoms with Crippen molar-refractivity contribution in [3.8, 4) is 5.75 Å². The number of primary amides is 1. The van der Waals surface area contributed by atoms with E-state index in [4.69, 9.17) is 5.73 Å². The number of fused-ring (bicyclic) bond motifs is 3. The highest BCUT2D eigenvalue weighted by atomic mass is 16.3. The minimum absolute atomic E-state index is 0.0805. The summed E-state index contributed by atoms with van der Waals surface area (Å²) in [6.07, 6.45) is -0.0246. The summed E-state index contributed by atoms with van der Waals surface area (Å²) in [5.74, 6) is -10.1. The molecule has 2 unspecified atom stereocenters. The van der Waals surface area contributed by atoms with Gasteiger partial charge in [0.25, 0.3) is 0 Å². The van der Waals surface area contributed by atoms with E-state index in [-0.39, 0.29) is 24.0 Å². The Morgan fingerprint density at radius 1 is 1.05 bits per heavy atom. The Morgan fingerprint density at radius 2 is 1.63 bits per heavy atom.